The van der Waals surface area contributed by atoms with Crippen LogP contribution in [0.2, 0.25) is 0 Å². The van der Waals surface area contributed by atoms with Crippen molar-refractivity contribution < 1.29 is 9.59 Å². The normalized spacial score (nSPS) is 31.3. The third-order valence-corrected chi connectivity index (χ3v) is 4.00. The lowest BCUT2D eigenvalue weighted by molar-refractivity contribution is -0.128. The van der Waals surface area contributed by atoms with E-state index < -0.39 is 0 Å². The molecule has 3 unspecified atom stereocenters. The zero-order valence-electron chi connectivity index (χ0n) is 10.7. The fourth-order valence-electron chi connectivity index (χ4n) is 2.85. The highest BCUT2D eigenvalue weighted by Crippen LogP contribution is 2.25. The summed E-state index contributed by atoms with van der Waals surface area (Å²) in [6.45, 7) is 1.18. The Bertz CT molecular complexity index is 324. The summed E-state index contributed by atoms with van der Waals surface area (Å²) in [6, 6.07) is 0.216. The molecular formula is C12H22ClN3O2. The number of rotatable bonds is 3. The third-order valence-electron chi connectivity index (χ3n) is 4.00. The molecule has 2 rings (SSSR count). The molecule has 18 heavy (non-hydrogen) atoms. The molecule has 1 aliphatic heterocycles. The number of amides is 2. The van der Waals surface area contributed by atoms with Crippen LogP contribution in [-0.4, -0.2) is 42.9 Å². The monoisotopic (exact) mass is 275 g/mol. The first-order chi connectivity index (χ1) is 8.11. The zero-order chi connectivity index (χ0) is 12.4. The van der Waals surface area contributed by atoms with E-state index in [1.807, 2.05) is 0 Å². The van der Waals surface area contributed by atoms with Gasteiger partial charge in [-0.25, -0.2) is 0 Å². The number of likely N-dealkylation sites (tertiary alicyclic amines) is 1. The Morgan fingerprint density at radius 1 is 1.50 bits per heavy atom. The molecule has 1 heterocycles. The fourth-order valence-corrected chi connectivity index (χ4v) is 2.85. The van der Waals surface area contributed by atoms with Gasteiger partial charge in [0.1, 0.15) is 0 Å². The van der Waals surface area contributed by atoms with Crippen molar-refractivity contribution in [1.29, 1.82) is 0 Å². The summed E-state index contributed by atoms with van der Waals surface area (Å²) in [5.41, 5.74) is 5.68. The molecule has 0 aromatic heterocycles. The minimum Gasteiger partial charge on any atom is -0.353 e. The van der Waals surface area contributed by atoms with Crippen LogP contribution in [0, 0.1) is 11.8 Å². The van der Waals surface area contributed by atoms with Gasteiger partial charge in [-0.3, -0.25) is 9.59 Å². The quantitative estimate of drug-likeness (QED) is 0.769. The van der Waals surface area contributed by atoms with E-state index >= 15 is 0 Å². The fraction of sp³-hybridized carbons (Fsp3) is 0.833. The Hall–Kier alpha value is -0.810. The summed E-state index contributed by atoms with van der Waals surface area (Å²) in [5.74, 6) is 0.320. The smallest absolute Gasteiger partial charge is 0.225 e. The molecule has 1 saturated carbocycles. The first-order valence-corrected chi connectivity index (χ1v) is 6.36. The number of halogens is 1. The van der Waals surface area contributed by atoms with E-state index in [0.717, 1.165) is 19.3 Å². The van der Waals surface area contributed by atoms with Gasteiger partial charge in [-0.15, -0.1) is 12.4 Å². The number of nitrogens with zero attached hydrogens (tertiary/aromatic N) is 1. The van der Waals surface area contributed by atoms with Crippen LogP contribution in [0.4, 0.5) is 0 Å². The largest absolute Gasteiger partial charge is 0.353 e. The van der Waals surface area contributed by atoms with Gasteiger partial charge in [0.15, 0.2) is 0 Å². The molecule has 5 nitrogen and oxygen atoms in total. The highest BCUT2D eigenvalue weighted by atomic mass is 35.5. The van der Waals surface area contributed by atoms with E-state index in [-0.39, 0.29) is 36.2 Å². The Morgan fingerprint density at radius 3 is 2.78 bits per heavy atom. The van der Waals surface area contributed by atoms with E-state index in [1.165, 1.54) is 0 Å². The van der Waals surface area contributed by atoms with Gasteiger partial charge in [-0.1, -0.05) is 6.42 Å². The van der Waals surface area contributed by atoms with Crippen molar-refractivity contribution >= 4 is 24.2 Å². The summed E-state index contributed by atoms with van der Waals surface area (Å²) >= 11 is 0. The Kier molecular flexibility index (Phi) is 5.41. The maximum Gasteiger partial charge on any atom is 0.225 e. The van der Waals surface area contributed by atoms with Crippen LogP contribution in [-0.2, 0) is 9.59 Å². The van der Waals surface area contributed by atoms with Crippen LogP contribution in [0.25, 0.3) is 0 Å². The first-order valence-electron chi connectivity index (χ1n) is 6.36. The number of hydrogen-bond donors (Lipinski definition) is 2. The van der Waals surface area contributed by atoms with Crippen molar-refractivity contribution in [2.75, 3.05) is 20.1 Å². The number of nitrogens with two attached hydrogens (primary N) is 1. The summed E-state index contributed by atoms with van der Waals surface area (Å²) in [4.78, 5) is 25.0. The van der Waals surface area contributed by atoms with Crippen LogP contribution in [0.3, 0.4) is 0 Å². The van der Waals surface area contributed by atoms with E-state index in [9.17, 15) is 9.59 Å². The van der Waals surface area contributed by atoms with Crippen LogP contribution in [0.1, 0.15) is 25.7 Å². The first kappa shape index (κ1) is 15.2. The maximum absolute atomic E-state index is 12.0. The number of hydrogen-bond acceptors (Lipinski definition) is 3. The van der Waals surface area contributed by atoms with Crippen molar-refractivity contribution in [3.63, 3.8) is 0 Å². The second kappa shape index (κ2) is 6.38. The van der Waals surface area contributed by atoms with Gasteiger partial charge in [0, 0.05) is 26.1 Å². The van der Waals surface area contributed by atoms with E-state index in [2.05, 4.69) is 5.32 Å². The van der Waals surface area contributed by atoms with Gasteiger partial charge in [0.25, 0.3) is 0 Å². The molecule has 2 aliphatic rings. The molecule has 0 spiro atoms. The van der Waals surface area contributed by atoms with Crippen LogP contribution >= 0.6 is 12.4 Å². The van der Waals surface area contributed by atoms with Crippen LogP contribution in [0.15, 0.2) is 0 Å². The lowest BCUT2D eigenvalue weighted by Gasteiger charge is -2.21. The molecule has 2 amide bonds. The zero-order valence-corrected chi connectivity index (χ0v) is 11.5. The second-order valence-corrected chi connectivity index (χ2v) is 5.22. The highest BCUT2D eigenvalue weighted by Gasteiger charge is 2.35. The molecule has 0 aromatic rings. The van der Waals surface area contributed by atoms with Gasteiger partial charge in [0.05, 0.1) is 5.92 Å². The molecule has 0 bridgehead atoms. The maximum atomic E-state index is 12.0. The third kappa shape index (κ3) is 3.14. The lowest BCUT2D eigenvalue weighted by Crippen LogP contribution is -2.43. The molecule has 3 N–H and O–H groups in total. The molecule has 1 aliphatic carbocycles. The molecule has 104 valence electrons. The van der Waals surface area contributed by atoms with Gasteiger partial charge in [-0.05, 0) is 25.3 Å². The summed E-state index contributed by atoms with van der Waals surface area (Å²) < 4.78 is 0. The number of carbonyl (C=O) groups is 2. The Labute approximate surface area is 114 Å². The molecule has 0 aromatic carbocycles. The van der Waals surface area contributed by atoms with Crippen molar-refractivity contribution in [2.24, 2.45) is 17.6 Å². The summed E-state index contributed by atoms with van der Waals surface area (Å²) in [6.07, 6.45) is 3.60. The SMILES string of the molecule is CN1CC(C(=O)NC2CCCC2CN)CC1=O.Cl. The van der Waals surface area contributed by atoms with Gasteiger partial charge < -0.3 is 16.0 Å². The molecular weight excluding hydrogens is 254 g/mol. The van der Waals surface area contributed by atoms with Crippen LogP contribution in [0.5, 0.6) is 0 Å². The van der Waals surface area contributed by atoms with Gasteiger partial charge in [0.2, 0.25) is 11.8 Å². The van der Waals surface area contributed by atoms with E-state index in [1.54, 1.807) is 11.9 Å². The standard InChI is InChI=1S/C12H21N3O2.ClH/c1-15-7-9(5-11(15)16)12(17)14-10-4-2-3-8(10)6-13;/h8-10H,2-7,13H2,1H3,(H,14,17);1H. The summed E-state index contributed by atoms with van der Waals surface area (Å²) in [7, 11) is 1.74. The van der Waals surface area contributed by atoms with Crippen LogP contribution < -0.4 is 11.1 Å². The van der Waals surface area contributed by atoms with Crippen molar-refractivity contribution in [3.8, 4) is 0 Å². The van der Waals surface area contributed by atoms with Gasteiger partial charge in [-0.2, -0.15) is 0 Å². The molecule has 0 radical (unpaired) electrons. The molecule has 2 fully saturated rings. The second-order valence-electron chi connectivity index (χ2n) is 5.22. The van der Waals surface area contributed by atoms with Crippen molar-refractivity contribution in [2.45, 2.75) is 31.7 Å². The van der Waals surface area contributed by atoms with Crippen molar-refractivity contribution in [3.05, 3.63) is 0 Å². The van der Waals surface area contributed by atoms with E-state index in [4.69, 9.17) is 5.73 Å². The van der Waals surface area contributed by atoms with Gasteiger partial charge >= 0.3 is 0 Å². The lowest BCUT2D eigenvalue weighted by atomic mass is 10.0. The minimum atomic E-state index is -0.175. The Morgan fingerprint density at radius 2 is 2.22 bits per heavy atom. The average Bonchev–Trinajstić information content (AvgIpc) is 2.86. The van der Waals surface area contributed by atoms with E-state index in [0.29, 0.717) is 25.4 Å². The topological polar surface area (TPSA) is 75.4 Å². The predicted octanol–water partition coefficient (Wildman–Crippen LogP) is 0.130. The molecule has 6 heteroatoms. The average molecular weight is 276 g/mol. The predicted molar refractivity (Wildman–Crippen MR) is 71.3 cm³/mol. The Balaban J connectivity index is 0.00000162. The molecule has 1 saturated heterocycles. The highest BCUT2D eigenvalue weighted by molar-refractivity contribution is 5.89. The number of carbonyl (C=O) groups excluding carboxylic acids is 2. The number of nitrogens with one attached hydrogen (secondary N) is 1. The minimum absolute atomic E-state index is 0. The molecule has 3 atom stereocenters. The summed E-state index contributed by atoms with van der Waals surface area (Å²) in [5, 5.41) is 3.07. The van der Waals surface area contributed by atoms with Crippen molar-refractivity contribution in [1.82, 2.24) is 10.2 Å².